The van der Waals surface area contributed by atoms with Gasteiger partial charge in [-0.2, -0.15) is 0 Å². The molecule has 0 bridgehead atoms. The number of likely N-dealkylation sites (tertiary alicyclic amines) is 1. The number of nitrogens with zero attached hydrogens (tertiary/aromatic N) is 1. The Balaban J connectivity index is 1.45. The normalized spacial score (nSPS) is 27.4. The third kappa shape index (κ3) is 3.31. The number of ether oxygens (including phenoxy) is 1. The highest BCUT2D eigenvalue weighted by atomic mass is 16.5. The van der Waals surface area contributed by atoms with Crippen LogP contribution >= 0.6 is 0 Å². The first-order valence-corrected chi connectivity index (χ1v) is 8.85. The van der Waals surface area contributed by atoms with Crippen molar-refractivity contribution < 1.29 is 13.9 Å². The van der Waals surface area contributed by atoms with E-state index in [4.69, 9.17) is 9.15 Å². The maximum atomic E-state index is 12.8. The average Bonchev–Trinajstić information content (AvgIpc) is 3.14. The fraction of sp³-hybridized carbons (Fsp3) is 0.722. The Morgan fingerprint density at radius 1 is 1.35 bits per heavy atom. The minimum Gasteiger partial charge on any atom is -0.468 e. The first-order chi connectivity index (χ1) is 11.3. The molecule has 0 aromatic carbocycles. The predicted molar refractivity (Wildman–Crippen MR) is 85.7 cm³/mol. The molecule has 3 heterocycles. The van der Waals surface area contributed by atoms with Gasteiger partial charge in [-0.25, -0.2) is 0 Å². The molecule has 126 valence electrons. The van der Waals surface area contributed by atoms with Crippen LogP contribution in [0.5, 0.6) is 0 Å². The van der Waals surface area contributed by atoms with Crippen LogP contribution in [0.4, 0.5) is 0 Å². The van der Waals surface area contributed by atoms with E-state index in [0.717, 1.165) is 63.9 Å². The van der Waals surface area contributed by atoms with Crippen molar-refractivity contribution in [2.75, 3.05) is 32.8 Å². The Morgan fingerprint density at radius 2 is 2.17 bits per heavy atom. The molecular formula is C18H26N2O3. The lowest BCUT2D eigenvalue weighted by atomic mass is 9.71. The second-order valence-electron chi connectivity index (χ2n) is 7.46. The molecule has 1 atom stereocenters. The molecule has 3 aliphatic rings. The van der Waals surface area contributed by atoms with Crippen LogP contribution in [0.25, 0.3) is 0 Å². The molecule has 5 heteroatoms. The minimum atomic E-state index is 0.0818. The zero-order valence-corrected chi connectivity index (χ0v) is 13.6. The highest BCUT2D eigenvalue weighted by Crippen LogP contribution is 2.45. The van der Waals surface area contributed by atoms with Gasteiger partial charge >= 0.3 is 0 Å². The fourth-order valence-electron chi connectivity index (χ4n) is 4.15. The summed E-state index contributed by atoms with van der Waals surface area (Å²) >= 11 is 0. The van der Waals surface area contributed by atoms with Crippen LogP contribution in [0.1, 0.15) is 31.4 Å². The fourth-order valence-corrected chi connectivity index (χ4v) is 4.15. The molecule has 0 unspecified atom stereocenters. The molecule has 1 aromatic heterocycles. The summed E-state index contributed by atoms with van der Waals surface area (Å²) in [5.41, 5.74) is 0.0818. The Hall–Kier alpha value is -1.33. The van der Waals surface area contributed by atoms with Crippen LogP contribution in [-0.2, 0) is 16.1 Å². The first-order valence-electron chi connectivity index (χ1n) is 8.85. The van der Waals surface area contributed by atoms with Crippen molar-refractivity contribution in [2.45, 2.75) is 32.2 Å². The highest BCUT2D eigenvalue weighted by Gasteiger charge is 2.50. The maximum Gasteiger partial charge on any atom is 0.225 e. The van der Waals surface area contributed by atoms with Gasteiger partial charge in [0.2, 0.25) is 5.91 Å². The molecule has 1 aromatic rings. The number of nitrogens with one attached hydrogen (secondary N) is 1. The average molecular weight is 318 g/mol. The van der Waals surface area contributed by atoms with E-state index >= 15 is 0 Å². The SMILES string of the molecule is O=C(NCC1CC1)[C@@H]1CN(Cc2ccco2)CC12CCOCC2. The van der Waals surface area contributed by atoms with Crippen LogP contribution < -0.4 is 5.32 Å². The number of carbonyl (C=O) groups excluding carboxylic acids is 1. The van der Waals surface area contributed by atoms with Crippen LogP contribution in [0.2, 0.25) is 0 Å². The first kappa shape index (κ1) is 15.2. The van der Waals surface area contributed by atoms with E-state index in [-0.39, 0.29) is 17.2 Å². The van der Waals surface area contributed by atoms with Crippen molar-refractivity contribution in [1.29, 1.82) is 0 Å². The molecule has 1 saturated carbocycles. The maximum absolute atomic E-state index is 12.8. The van der Waals surface area contributed by atoms with Gasteiger partial charge in [-0.1, -0.05) is 0 Å². The second-order valence-corrected chi connectivity index (χ2v) is 7.46. The molecule has 4 rings (SSSR count). The number of hydrogen-bond acceptors (Lipinski definition) is 4. The molecule has 3 fully saturated rings. The molecule has 5 nitrogen and oxygen atoms in total. The van der Waals surface area contributed by atoms with Crippen molar-refractivity contribution >= 4 is 5.91 Å². The predicted octanol–water partition coefficient (Wildman–Crippen LogP) is 2.03. The summed E-state index contributed by atoms with van der Waals surface area (Å²) in [6, 6.07) is 3.94. The van der Waals surface area contributed by atoms with Gasteiger partial charge in [0.25, 0.3) is 0 Å². The van der Waals surface area contributed by atoms with Crippen LogP contribution in [0, 0.1) is 17.3 Å². The Labute approximate surface area is 137 Å². The molecule has 1 spiro atoms. The van der Waals surface area contributed by atoms with Crippen LogP contribution in [-0.4, -0.2) is 43.7 Å². The molecule has 23 heavy (non-hydrogen) atoms. The zero-order valence-electron chi connectivity index (χ0n) is 13.6. The number of furan rings is 1. The number of carbonyl (C=O) groups is 1. The van der Waals surface area contributed by atoms with Gasteiger partial charge in [0, 0.05) is 38.3 Å². The summed E-state index contributed by atoms with van der Waals surface area (Å²) in [5.74, 6) is 2.04. The van der Waals surface area contributed by atoms with Crippen molar-refractivity contribution in [3.05, 3.63) is 24.2 Å². The van der Waals surface area contributed by atoms with Crippen molar-refractivity contribution in [3.8, 4) is 0 Å². The van der Waals surface area contributed by atoms with Gasteiger partial charge in [-0.3, -0.25) is 9.69 Å². The molecule has 1 aliphatic carbocycles. The molecule has 2 saturated heterocycles. The number of hydrogen-bond donors (Lipinski definition) is 1. The summed E-state index contributed by atoms with van der Waals surface area (Å²) in [5, 5.41) is 3.21. The Kier molecular flexibility index (Phi) is 4.16. The van der Waals surface area contributed by atoms with Crippen molar-refractivity contribution in [3.63, 3.8) is 0 Å². The van der Waals surface area contributed by atoms with E-state index in [2.05, 4.69) is 10.2 Å². The van der Waals surface area contributed by atoms with Crippen molar-refractivity contribution in [2.24, 2.45) is 17.3 Å². The van der Waals surface area contributed by atoms with Gasteiger partial charge < -0.3 is 14.5 Å². The van der Waals surface area contributed by atoms with Gasteiger partial charge in [-0.05, 0) is 43.7 Å². The second kappa shape index (κ2) is 6.29. The third-order valence-electron chi connectivity index (χ3n) is 5.74. The summed E-state index contributed by atoms with van der Waals surface area (Å²) in [4.78, 5) is 15.2. The summed E-state index contributed by atoms with van der Waals surface area (Å²) in [7, 11) is 0. The van der Waals surface area contributed by atoms with Gasteiger partial charge in [0.05, 0.1) is 18.7 Å². The molecule has 1 N–H and O–H groups in total. The van der Waals surface area contributed by atoms with E-state index in [1.165, 1.54) is 12.8 Å². The standard InChI is InChI=1S/C18H26N2O3/c21-17(19-10-14-3-4-14)16-12-20(11-15-2-1-7-23-15)13-18(16)5-8-22-9-6-18/h1-2,7,14,16H,3-6,8-13H2,(H,19,21)/t16-/m0/s1. The lowest BCUT2D eigenvalue weighted by Crippen LogP contribution is -2.44. The number of amides is 1. The largest absolute Gasteiger partial charge is 0.468 e. The Bertz CT molecular complexity index is 532. The summed E-state index contributed by atoms with van der Waals surface area (Å²) < 4.78 is 11.1. The van der Waals surface area contributed by atoms with E-state index in [1.807, 2.05) is 12.1 Å². The minimum absolute atomic E-state index is 0.0818. The third-order valence-corrected chi connectivity index (χ3v) is 5.74. The Morgan fingerprint density at radius 3 is 2.87 bits per heavy atom. The van der Waals surface area contributed by atoms with E-state index in [1.54, 1.807) is 6.26 Å². The van der Waals surface area contributed by atoms with Gasteiger partial charge in [0.15, 0.2) is 0 Å². The summed E-state index contributed by atoms with van der Waals surface area (Å²) in [6.45, 7) is 5.01. The number of rotatable bonds is 5. The molecule has 2 aliphatic heterocycles. The molecule has 0 radical (unpaired) electrons. The highest BCUT2D eigenvalue weighted by molar-refractivity contribution is 5.80. The van der Waals surface area contributed by atoms with Crippen molar-refractivity contribution in [1.82, 2.24) is 10.2 Å². The van der Waals surface area contributed by atoms with E-state index in [0.29, 0.717) is 0 Å². The molecule has 1 amide bonds. The lowest BCUT2D eigenvalue weighted by molar-refractivity contribution is -0.129. The quantitative estimate of drug-likeness (QED) is 0.902. The van der Waals surface area contributed by atoms with Gasteiger partial charge in [-0.15, -0.1) is 0 Å². The zero-order chi connectivity index (χ0) is 15.7. The van der Waals surface area contributed by atoms with Crippen LogP contribution in [0.3, 0.4) is 0 Å². The van der Waals surface area contributed by atoms with Gasteiger partial charge in [0.1, 0.15) is 5.76 Å². The topological polar surface area (TPSA) is 54.7 Å². The monoisotopic (exact) mass is 318 g/mol. The lowest BCUT2D eigenvalue weighted by Gasteiger charge is -2.37. The van der Waals surface area contributed by atoms with E-state index < -0.39 is 0 Å². The van der Waals surface area contributed by atoms with E-state index in [9.17, 15) is 4.79 Å². The smallest absolute Gasteiger partial charge is 0.225 e. The van der Waals surface area contributed by atoms with Crippen LogP contribution in [0.15, 0.2) is 22.8 Å². The summed E-state index contributed by atoms with van der Waals surface area (Å²) in [6.07, 6.45) is 6.24. The molecular weight excluding hydrogens is 292 g/mol.